The lowest BCUT2D eigenvalue weighted by atomic mass is 9.86. The van der Waals surface area contributed by atoms with E-state index in [2.05, 4.69) is 26.1 Å². The first-order valence-corrected chi connectivity index (χ1v) is 8.55. The van der Waals surface area contributed by atoms with Crippen molar-refractivity contribution in [3.63, 3.8) is 0 Å². The smallest absolute Gasteiger partial charge is 0.265 e. The molecule has 5 heteroatoms. The van der Waals surface area contributed by atoms with Crippen molar-refractivity contribution in [1.82, 2.24) is 5.32 Å². The molecule has 24 heavy (non-hydrogen) atoms. The molecule has 0 saturated carbocycles. The summed E-state index contributed by atoms with van der Waals surface area (Å²) in [5.41, 5.74) is 1.96. The number of rotatable bonds is 5. The highest BCUT2D eigenvalue weighted by atomic mass is 16.5. The molecule has 132 valence electrons. The molecule has 0 bridgehead atoms. The zero-order chi connectivity index (χ0) is 17.9. The van der Waals surface area contributed by atoms with E-state index in [-0.39, 0.29) is 29.9 Å². The first-order valence-electron chi connectivity index (χ1n) is 8.55. The average molecular weight is 332 g/mol. The van der Waals surface area contributed by atoms with E-state index in [1.807, 2.05) is 32.0 Å². The maximum Gasteiger partial charge on any atom is 0.265 e. The molecule has 0 atom stereocenters. The number of carbonyl (C=O) groups is 2. The molecular formula is C19H28N2O3. The number of nitrogens with one attached hydrogen (secondary N) is 1. The summed E-state index contributed by atoms with van der Waals surface area (Å²) in [6.07, 6.45) is 1.04. The molecule has 0 spiro atoms. The third-order valence-corrected chi connectivity index (χ3v) is 4.00. The van der Waals surface area contributed by atoms with Crippen LogP contribution in [-0.4, -0.2) is 31.0 Å². The van der Waals surface area contributed by atoms with Crippen LogP contribution in [0, 0.1) is 0 Å². The Bertz CT molecular complexity index is 618. The molecule has 2 rings (SSSR count). The predicted molar refractivity (Wildman–Crippen MR) is 95.5 cm³/mol. The highest BCUT2D eigenvalue weighted by molar-refractivity contribution is 5.98. The summed E-state index contributed by atoms with van der Waals surface area (Å²) < 4.78 is 5.54. The van der Waals surface area contributed by atoms with Gasteiger partial charge in [-0.25, -0.2) is 0 Å². The molecule has 0 aliphatic carbocycles. The fourth-order valence-electron chi connectivity index (χ4n) is 2.71. The maximum absolute atomic E-state index is 12.3. The number of nitrogens with zero attached hydrogens (tertiary/aromatic N) is 1. The Hall–Kier alpha value is -2.04. The Kier molecular flexibility index (Phi) is 5.52. The Morgan fingerprint density at radius 1 is 1.33 bits per heavy atom. The number of ether oxygens (including phenoxy) is 1. The fraction of sp³-hybridized carbons (Fsp3) is 0.579. The van der Waals surface area contributed by atoms with Crippen LogP contribution in [0.1, 0.15) is 53.0 Å². The zero-order valence-electron chi connectivity index (χ0n) is 15.3. The number of benzene rings is 1. The van der Waals surface area contributed by atoms with Gasteiger partial charge in [0.1, 0.15) is 5.75 Å². The standard InChI is InChI=1S/C19H28N2O3/c1-13(2)20-17(22)7-6-10-21-15-11-14(19(3,4)5)8-9-16(15)24-12-18(21)23/h8-9,11,13H,6-7,10,12H2,1-5H3,(H,20,22). The van der Waals surface area contributed by atoms with Crippen molar-refractivity contribution in [1.29, 1.82) is 0 Å². The molecule has 1 aromatic carbocycles. The molecule has 0 fully saturated rings. The van der Waals surface area contributed by atoms with Crippen LogP contribution < -0.4 is 15.0 Å². The van der Waals surface area contributed by atoms with Crippen molar-refractivity contribution in [3.05, 3.63) is 23.8 Å². The van der Waals surface area contributed by atoms with Gasteiger partial charge in [-0.2, -0.15) is 0 Å². The summed E-state index contributed by atoms with van der Waals surface area (Å²) in [5, 5.41) is 2.87. The van der Waals surface area contributed by atoms with Crippen LogP contribution in [0.3, 0.4) is 0 Å². The minimum absolute atomic E-state index is 0.00164. The number of carbonyl (C=O) groups excluding carboxylic acids is 2. The Labute approximate surface area is 144 Å². The van der Waals surface area contributed by atoms with E-state index in [1.54, 1.807) is 4.90 Å². The third kappa shape index (κ3) is 4.49. The minimum Gasteiger partial charge on any atom is -0.482 e. The van der Waals surface area contributed by atoms with E-state index in [9.17, 15) is 9.59 Å². The maximum atomic E-state index is 12.3. The van der Waals surface area contributed by atoms with Gasteiger partial charge >= 0.3 is 0 Å². The van der Waals surface area contributed by atoms with Crippen molar-refractivity contribution < 1.29 is 14.3 Å². The fourth-order valence-corrected chi connectivity index (χ4v) is 2.71. The summed E-state index contributed by atoms with van der Waals surface area (Å²) >= 11 is 0. The second-order valence-electron chi connectivity index (χ2n) is 7.59. The quantitative estimate of drug-likeness (QED) is 0.902. The number of hydrogen-bond donors (Lipinski definition) is 1. The molecule has 1 aromatic rings. The van der Waals surface area contributed by atoms with Crippen LogP contribution in [0.25, 0.3) is 0 Å². The summed E-state index contributed by atoms with van der Waals surface area (Å²) in [5.74, 6) is 0.696. The number of hydrogen-bond acceptors (Lipinski definition) is 3. The lowest BCUT2D eigenvalue weighted by Crippen LogP contribution is -2.40. The van der Waals surface area contributed by atoms with Gasteiger partial charge in [0.15, 0.2) is 6.61 Å². The van der Waals surface area contributed by atoms with Crippen LogP contribution in [0.5, 0.6) is 5.75 Å². The molecular weight excluding hydrogens is 304 g/mol. The van der Waals surface area contributed by atoms with E-state index in [0.717, 1.165) is 17.0 Å². The molecule has 2 amide bonds. The zero-order valence-corrected chi connectivity index (χ0v) is 15.3. The summed E-state index contributed by atoms with van der Waals surface area (Å²) in [6.45, 7) is 10.9. The SMILES string of the molecule is CC(C)NC(=O)CCCN1C(=O)COc2ccc(C(C)(C)C)cc21. The van der Waals surface area contributed by atoms with Crippen LogP contribution >= 0.6 is 0 Å². The summed E-state index contributed by atoms with van der Waals surface area (Å²) in [7, 11) is 0. The summed E-state index contributed by atoms with van der Waals surface area (Å²) in [6, 6.07) is 6.14. The van der Waals surface area contributed by atoms with Gasteiger partial charge in [0.2, 0.25) is 5.91 Å². The number of amides is 2. The summed E-state index contributed by atoms with van der Waals surface area (Å²) in [4.78, 5) is 25.8. The predicted octanol–water partition coefficient (Wildman–Crippen LogP) is 3.01. The average Bonchev–Trinajstić information content (AvgIpc) is 2.47. The number of anilines is 1. The molecule has 1 aliphatic rings. The van der Waals surface area contributed by atoms with Gasteiger partial charge in [-0.1, -0.05) is 26.8 Å². The lowest BCUT2D eigenvalue weighted by molar-refractivity contribution is -0.123. The Morgan fingerprint density at radius 2 is 2.04 bits per heavy atom. The second kappa shape index (κ2) is 7.24. The van der Waals surface area contributed by atoms with Crippen molar-refractivity contribution in [2.24, 2.45) is 0 Å². The molecule has 1 N–H and O–H groups in total. The molecule has 1 aliphatic heterocycles. The van der Waals surface area contributed by atoms with Gasteiger partial charge in [0, 0.05) is 19.0 Å². The number of fused-ring (bicyclic) bond motifs is 1. The van der Waals surface area contributed by atoms with Gasteiger partial charge in [-0.15, -0.1) is 0 Å². The highest BCUT2D eigenvalue weighted by Gasteiger charge is 2.27. The molecule has 0 unspecified atom stereocenters. The minimum atomic E-state index is -0.0576. The van der Waals surface area contributed by atoms with Crippen molar-refractivity contribution in [2.45, 2.75) is 58.9 Å². The first-order chi connectivity index (χ1) is 11.2. The van der Waals surface area contributed by atoms with E-state index in [0.29, 0.717) is 19.4 Å². The van der Waals surface area contributed by atoms with E-state index >= 15 is 0 Å². The molecule has 5 nitrogen and oxygen atoms in total. The first kappa shape index (κ1) is 18.3. The van der Waals surface area contributed by atoms with Gasteiger partial charge in [0.25, 0.3) is 5.91 Å². The Morgan fingerprint density at radius 3 is 2.67 bits per heavy atom. The van der Waals surface area contributed by atoms with Gasteiger partial charge < -0.3 is 15.0 Å². The van der Waals surface area contributed by atoms with Crippen LogP contribution in [-0.2, 0) is 15.0 Å². The third-order valence-electron chi connectivity index (χ3n) is 4.00. The molecule has 0 radical (unpaired) electrons. The van der Waals surface area contributed by atoms with Crippen LogP contribution in [0.15, 0.2) is 18.2 Å². The molecule has 0 aromatic heterocycles. The van der Waals surface area contributed by atoms with Crippen molar-refractivity contribution in [3.8, 4) is 5.75 Å². The van der Waals surface area contributed by atoms with Crippen molar-refractivity contribution >= 4 is 17.5 Å². The molecule has 0 saturated heterocycles. The van der Waals surface area contributed by atoms with Gasteiger partial charge in [-0.05, 0) is 43.4 Å². The van der Waals surface area contributed by atoms with E-state index in [1.165, 1.54) is 0 Å². The monoisotopic (exact) mass is 332 g/mol. The largest absolute Gasteiger partial charge is 0.482 e. The molecule has 1 heterocycles. The van der Waals surface area contributed by atoms with Gasteiger partial charge in [0.05, 0.1) is 5.69 Å². The van der Waals surface area contributed by atoms with E-state index in [4.69, 9.17) is 4.74 Å². The second-order valence-corrected chi connectivity index (χ2v) is 7.59. The van der Waals surface area contributed by atoms with Crippen LogP contribution in [0.4, 0.5) is 5.69 Å². The normalized spacial score (nSPS) is 14.4. The van der Waals surface area contributed by atoms with E-state index < -0.39 is 0 Å². The highest BCUT2D eigenvalue weighted by Crippen LogP contribution is 2.36. The topological polar surface area (TPSA) is 58.6 Å². The lowest BCUT2D eigenvalue weighted by Gasteiger charge is -2.31. The van der Waals surface area contributed by atoms with Crippen LogP contribution in [0.2, 0.25) is 0 Å². The van der Waals surface area contributed by atoms with Gasteiger partial charge in [-0.3, -0.25) is 9.59 Å². The van der Waals surface area contributed by atoms with Crippen molar-refractivity contribution in [2.75, 3.05) is 18.1 Å². The Balaban J connectivity index is 2.11.